The van der Waals surface area contributed by atoms with E-state index in [9.17, 15) is 20.1 Å². The largest absolute Gasteiger partial charge is 0.479 e. The summed E-state index contributed by atoms with van der Waals surface area (Å²) in [5.41, 5.74) is 2.47. The molecule has 1 fully saturated rings. The molecule has 0 saturated carbocycles. The Kier molecular flexibility index (Phi) is 7.56. The SMILES string of the molecule is CC1C(Cc2ccc(COC(C)(C)C)cc2NC(C)(C)C)OC(C(=O)O)C(O)C1O. The van der Waals surface area contributed by atoms with E-state index in [4.69, 9.17) is 9.47 Å². The van der Waals surface area contributed by atoms with Crippen LogP contribution in [0.4, 0.5) is 5.69 Å². The molecule has 170 valence electrons. The Hall–Kier alpha value is -1.67. The zero-order valence-corrected chi connectivity index (χ0v) is 19.1. The summed E-state index contributed by atoms with van der Waals surface area (Å²) in [6.07, 6.45) is -4.18. The normalized spacial score (nSPS) is 27.7. The molecular weight excluding hydrogens is 386 g/mol. The molecule has 1 aromatic carbocycles. The molecule has 5 atom stereocenters. The number of hydrogen-bond donors (Lipinski definition) is 4. The van der Waals surface area contributed by atoms with Crippen LogP contribution < -0.4 is 5.32 Å². The Morgan fingerprint density at radius 3 is 2.30 bits per heavy atom. The molecular formula is C23H37NO6. The summed E-state index contributed by atoms with van der Waals surface area (Å²) in [4.78, 5) is 11.4. The van der Waals surface area contributed by atoms with Crippen molar-refractivity contribution < 1.29 is 29.6 Å². The molecule has 1 heterocycles. The second-order valence-electron chi connectivity index (χ2n) is 10.2. The molecule has 2 rings (SSSR count). The number of nitrogens with one attached hydrogen (secondary N) is 1. The molecule has 0 aromatic heterocycles. The van der Waals surface area contributed by atoms with E-state index in [1.165, 1.54) is 0 Å². The Morgan fingerprint density at radius 1 is 1.13 bits per heavy atom. The lowest BCUT2D eigenvalue weighted by atomic mass is 9.84. The van der Waals surface area contributed by atoms with Gasteiger partial charge in [-0.1, -0.05) is 19.1 Å². The molecule has 7 nitrogen and oxygen atoms in total. The third-order valence-corrected chi connectivity index (χ3v) is 5.13. The number of aliphatic hydroxyl groups is 2. The molecule has 7 heteroatoms. The van der Waals surface area contributed by atoms with Crippen LogP contribution in [0.15, 0.2) is 18.2 Å². The lowest BCUT2D eigenvalue weighted by Crippen LogP contribution is -2.56. The number of carboxylic acid groups (broad SMARTS) is 1. The van der Waals surface area contributed by atoms with Crippen LogP contribution in [0.1, 0.15) is 59.6 Å². The van der Waals surface area contributed by atoms with Gasteiger partial charge in [0.25, 0.3) is 0 Å². The molecule has 1 aromatic rings. The highest BCUT2D eigenvalue weighted by molar-refractivity contribution is 5.73. The number of carbonyl (C=O) groups is 1. The maximum absolute atomic E-state index is 11.4. The summed E-state index contributed by atoms with van der Waals surface area (Å²) in [6.45, 7) is 14.5. The molecule has 1 aliphatic rings. The minimum atomic E-state index is -1.45. The first-order valence-electron chi connectivity index (χ1n) is 10.5. The van der Waals surface area contributed by atoms with E-state index >= 15 is 0 Å². The molecule has 0 aliphatic carbocycles. The topological polar surface area (TPSA) is 108 Å². The van der Waals surface area contributed by atoms with E-state index in [0.717, 1.165) is 16.8 Å². The number of carboxylic acids is 1. The highest BCUT2D eigenvalue weighted by Gasteiger charge is 2.45. The van der Waals surface area contributed by atoms with Crippen LogP contribution in [-0.4, -0.2) is 56.8 Å². The Balaban J connectivity index is 2.29. The zero-order chi connectivity index (χ0) is 22.9. The molecule has 0 spiro atoms. The van der Waals surface area contributed by atoms with Crippen molar-refractivity contribution >= 4 is 11.7 Å². The minimum Gasteiger partial charge on any atom is -0.479 e. The third-order valence-electron chi connectivity index (χ3n) is 5.13. The van der Waals surface area contributed by atoms with Crippen LogP contribution in [0.25, 0.3) is 0 Å². The Bertz CT molecular complexity index is 736. The molecule has 4 N–H and O–H groups in total. The van der Waals surface area contributed by atoms with Crippen molar-refractivity contribution in [3.63, 3.8) is 0 Å². The summed E-state index contributed by atoms with van der Waals surface area (Å²) < 4.78 is 11.6. The van der Waals surface area contributed by atoms with E-state index in [1.807, 2.05) is 39.0 Å². The molecule has 0 bridgehead atoms. The van der Waals surface area contributed by atoms with Gasteiger partial charge in [-0.3, -0.25) is 0 Å². The minimum absolute atomic E-state index is 0.184. The fourth-order valence-corrected chi connectivity index (χ4v) is 3.47. The first-order valence-corrected chi connectivity index (χ1v) is 10.5. The fourth-order valence-electron chi connectivity index (χ4n) is 3.47. The molecule has 30 heavy (non-hydrogen) atoms. The maximum Gasteiger partial charge on any atom is 0.335 e. The van der Waals surface area contributed by atoms with Crippen molar-refractivity contribution in [1.82, 2.24) is 0 Å². The smallest absolute Gasteiger partial charge is 0.335 e. The van der Waals surface area contributed by atoms with Crippen molar-refractivity contribution in [2.45, 2.75) is 97.0 Å². The van der Waals surface area contributed by atoms with Gasteiger partial charge in [-0.2, -0.15) is 0 Å². The number of anilines is 1. The van der Waals surface area contributed by atoms with Gasteiger partial charge in [0.2, 0.25) is 0 Å². The van der Waals surface area contributed by atoms with Gasteiger partial charge >= 0.3 is 5.97 Å². The predicted octanol–water partition coefficient (Wildman–Crippen LogP) is 2.96. The lowest BCUT2D eigenvalue weighted by Gasteiger charge is -2.40. The van der Waals surface area contributed by atoms with Gasteiger partial charge in [0.15, 0.2) is 6.10 Å². The number of aliphatic hydroxyl groups excluding tert-OH is 2. The van der Waals surface area contributed by atoms with Crippen LogP contribution in [0.2, 0.25) is 0 Å². The van der Waals surface area contributed by atoms with Crippen molar-refractivity contribution in [3.05, 3.63) is 29.3 Å². The van der Waals surface area contributed by atoms with E-state index in [1.54, 1.807) is 6.92 Å². The standard InChI is InChI=1S/C23H37NO6/c1-13-17(30-20(21(27)28)19(26)18(13)25)11-15-9-8-14(12-29-23(5,6)7)10-16(15)24-22(2,3)4/h8-10,13,17-20,24-26H,11-12H2,1-7H3,(H,27,28). The molecule has 1 saturated heterocycles. The fraction of sp³-hybridized carbons (Fsp3) is 0.696. The van der Waals surface area contributed by atoms with Gasteiger partial charge in [0, 0.05) is 23.6 Å². The summed E-state index contributed by atoms with van der Waals surface area (Å²) >= 11 is 0. The zero-order valence-electron chi connectivity index (χ0n) is 19.1. The average molecular weight is 424 g/mol. The van der Waals surface area contributed by atoms with E-state index in [-0.39, 0.29) is 11.1 Å². The van der Waals surface area contributed by atoms with Gasteiger partial charge < -0.3 is 30.1 Å². The van der Waals surface area contributed by atoms with Crippen molar-refractivity contribution in [3.8, 4) is 0 Å². The van der Waals surface area contributed by atoms with Crippen LogP contribution in [0.5, 0.6) is 0 Å². The van der Waals surface area contributed by atoms with Gasteiger partial charge in [-0.05, 0) is 58.7 Å². The molecule has 0 radical (unpaired) electrons. The second kappa shape index (κ2) is 9.22. The summed E-state index contributed by atoms with van der Waals surface area (Å²) in [6, 6.07) is 6.01. The molecule has 5 unspecified atom stereocenters. The van der Waals surface area contributed by atoms with Crippen molar-refractivity contribution in [2.24, 2.45) is 5.92 Å². The average Bonchev–Trinajstić information content (AvgIpc) is 2.59. The first kappa shape index (κ1) is 24.6. The Labute approximate surface area is 179 Å². The number of benzene rings is 1. The second-order valence-corrected chi connectivity index (χ2v) is 10.2. The summed E-state index contributed by atoms with van der Waals surface area (Å²) in [5.74, 6) is -1.69. The number of ether oxygens (including phenoxy) is 2. The van der Waals surface area contributed by atoms with Crippen LogP contribution in [0, 0.1) is 5.92 Å². The first-order chi connectivity index (χ1) is 13.7. The lowest BCUT2D eigenvalue weighted by molar-refractivity contribution is -0.209. The van der Waals surface area contributed by atoms with Crippen LogP contribution in [-0.2, 0) is 27.3 Å². The van der Waals surface area contributed by atoms with Gasteiger partial charge in [0.1, 0.15) is 6.10 Å². The highest BCUT2D eigenvalue weighted by atomic mass is 16.5. The third kappa shape index (κ3) is 6.67. The van der Waals surface area contributed by atoms with Crippen LogP contribution in [0.3, 0.4) is 0 Å². The molecule has 0 amide bonds. The van der Waals surface area contributed by atoms with Gasteiger partial charge in [0.05, 0.1) is 24.4 Å². The van der Waals surface area contributed by atoms with Crippen molar-refractivity contribution in [1.29, 1.82) is 0 Å². The number of hydrogen-bond acceptors (Lipinski definition) is 6. The predicted molar refractivity (Wildman–Crippen MR) is 116 cm³/mol. The number of rotatable bonds is 6. The summed E-state index contributed by atoms with van der Waals surface area (Å²) in [7, 11) is 0. The van der Waals surface area contributed by atoms with Gasteiger partial charge in [-0.25, -0.2) is 4.79 Å². The maximum atomic E-state index is 11.4. The van der Waals surface area contributed by atoms with Gasteiger partial charge in [-0.15, -0.1) is 0 Å². The van der Waals surface area contributed by atoms with E-state index in [0.29, 0.717) is 13.0 Å². The quantitative estimate of drug-likeness (QED) is 0.557. The monoisotopic (exact) mass is 423 g/mol. The Morgan fingerprint density at radius 2 is 1.77 bits per heavy atom. The van der Waals surface area contributed by atoms with Crippen LogP contribution >= 0.6 is 0 Å². The van der Waals surface area contributed by atoms with E-state index < -0.39 is 36.3 Å². The number of aliphatic carboxylic acids is 1. The summed E-state index contributed by atoms with van der Waals surface area (Å²) in [5, 5.41) is 33.2. The molecule has 1 aliphatic heterocycles. The van der Waals surface area contributed by atoms with Crippen molar-refractivity contribution in [2.75, 3.05) is 5.32 Å². The highest BCUT2D eigenvalue weighted by Crippen LogP contribution is 2.32. The van der Waals surface area contributed by atoms with E-state index in [2.05, 4.69) is 26.1 Å².